The third-order valence-corrected chi connectivity index (χ3v) is 5.32. The van der Waals surface area contributed by atoms with Crippen LogP contribution in [0, 0.1) is 5.92 Å². The maximum Gasteiger partial charge on any atom is 0.225 e. The van der Waals surface area contributed by atoms with E-state index in [0.717, 1.165) is 18.6 Å². The summed E-state index contributed by atoms with van der Waals surface area (Å²) in [6.07, 6.45) is 1.89. The fourth-order valence-electron chi connectivity index (χ4n) is 3.80. The average Bonchev–Trinajstić information content (AvgIpc) is 3.28. The summed E-state index contributed by atoms with van der Waals surface area (Å²) < 4.78 is 5.86. The Hall–Kier alpha value is -2.82. The zero-order valence-corrected chi connectivity index (χ0v) is 15.3. The number of benzene rings is 2. The van der Waals surface area contributed by atoms with Crippen LogP contribution >= 0.6 is 0 Å². The quantitative estimate of drug-likeness (QED) is 0.855. The Morgan fingerprint density at radius 2 is 1.85 bits per heavy atom. The monoisotopic (exact) mass is 364 g/mol. The third-order valence-electron chi connectivity index (χ3n) is 5.32. The molecule has 2 aliphatic heterocycles. The van der Waals surface area contributed by atoms with Crippen LogP contribution < -0.4 is 10.1 Å². The summed E-state index contributed by atoms with van der Waals surface area (Å²) in [5, 5.41) is 2.97. The van der Waals surface area contributed by atoms with E-state index in [1.807, 2.05) is 36.4 Å². The Morgan fingerprint density at radius 3 is 2.67 bits per heavy atom. The van der Waals surface area contributed by atoms with Gasteiger partial charge in [0, 0.05) is 25.9 Å². The van der Waals surface area contributed by atoms with Crippen molar-refractivity contribution in [1.29, 1.82) is 0 Å². The number of ether oxygens (including phenoxy) is 1. The van der Waals surface area contributed by atoms with Gasteiger partial charge in [-0.05, 0) is 23.6 Å². The van der Waals surface area contributed by atoms with Gasteiger partial charge in [-0.25, -0.2) is 0 Å². The molecule has 0 saturated carbocycles. The lowest BCUT2D eigenvalue weighted by atomic mass is 10.1. The van der Waals surface area contributed by atoms with Crippen LogP contribution in [0.3, 0.4) is 0 Å². The summed E-state index contributed by atoms with van der Waals surface area (Å²) in [7, 11) is 0. The van der Waals surface area contributed by atoms with E-state index < -0.39 is 0 Å². The molecule has 140 valence electrons. The molecular formula is C22H24N2O3. The number of hydrogen-bond acceptors (Lipinski definition) is 3. The predicted molar refractivity (Wildman–Crippen MR) is 102 cm³/mol. The second-order valence-corrected chi connectivity index (χ2v) is 7.27. The maximum absolute atomic E-state index is 12.5. The van der Waals surface area contributed by atoms with Gasteiger partial charge in [0.05, 0.1) is 12.5 Å². The van der Waals surface area contributed by atoms with E-state index in [0.29, 0.717) is 26.1 Å². The first-order valence-electron chi connectivity index (χ1n) is 9.53. The second-order valence-electron chi connectivity index (χ2n) is 7.27. The van der Waals surface area contributed by atoms with E-state index in [1.165, 1.54) is 11.1 Å². The predicted octanol–water partition coefficient (Wildman–Crippen LogP) is 2.20. The van der Waals surface area contributed by atoms with Crippen LogP contribution in [0.4, 0.5) is 0 Å². The van der Waals surface area contributed by atoms with Crippen LogP contribution in [-0.4, -0.2) is 42.5 Å². The van der Waals surface area contributed by atoms with Crippen molar-refractivity contribution < 1.29 is 14.3 Å². The van der Waals surface area contributed by atoms with Crippen LogP contribution in [-0.2, 0) is 22.4 Å². The third kappa shape index (κ3) is 4.13. The molecule has 2 atom stereocenters. The van der Waals surface area contributed by atoms with Gasteiger partial charge in [0.15, 0.2) is 0 Å². The number of carbonyl (C=O) groups is 2. The largest absolute Gasteiger partial charge is 0.488 e. The Balaban J connectivity index is 1.23. The number of carbonyl (C=O) groups excluding carboxylic acids is 2. The molecule has 1 N–H and O–H groups in total. The Morgan fingerprint density at radius 1 is 1.07 bits per heavy atom. The number of amides is 2. The number of para-hydroxylation sites is 1. The first-order chi connectivity index (χ1) is 13.2. The Bertz CT molecular complexity index is 796. The second kappa shape index (κ2) is 7.82. The number of rotatable bonds is 6. The van der Waals surface area contributed by atoms with Crippen molar-refractivity contribution in [3.63, 3.8) is 0 Å². The summed E-state index contributed by atoms with van der Waals surface area (Å²) in [6.45, 7) is 1.64. The standard InChI is InChI=1S/C22H24N2O3/c25-21-13-18(15-24(21)11-10-16-6-2-1-3-7-16)22(26)23-14-19-12-17-8-4-5-9-20(17)27-19/h1-9,18-19H,10-15H2,(H,23,26)/t18-,19+/m0/s1. The van der Waals surface area contributed by atoms with Gasteiger partial charge in [0.2, 0.25) is 11.8 Å². The zero-order chi connectivity index (χ0) is 18.6. The SMILES string of the molecule is O=C(NC[C@H]1Cc2ccccc2O1)[C@H]1CC(=O)N(CCc2ccccc2)C1. The number of fused-ring (bicyclic) bond motifs is 1. The van der Waals surface area contributed by atoms with Crippen molar-refractivity contribution in [1.82, 2.24) is 10.2 Å². The minimum absolute atomic E-state index is 0.0300. The molecule has 27 heavy (non-hydrogen) atoms. The highest BCUT2D eigenvalue weighted by Crippen LogP contribution is 2.28. The van der Waals surface area contributed by atoms with Crippen molar-refractivity contribution >= 4 is 11.8 Å². The first kappa shape index (κ1) is 17.6. The number of likely N-dealkylation sites (tertiary alicyclic amines) is 1. The number of nitrogens with one attached hydrogen (secondary N) is 1. The van der Waals surface area contributed by atoms with E-state index in [4.69, 9.17) is 4.74 Å². The maximum atomic E-state index is 12.5. The molecule has 1 saturated heterocycles. The van der Waals surface area contributed by atoms with Crippen LogP contribution in [0.5, 0.6) is 5.75 Å². The average molecular weight is 364 g/mol. The molecule has 5 nitrogen and oxygen atoms in total. The molecule has 2 aromatic carbocycles. The fraction of sp³-hybridized carbons (Fsp3) is 0.364. The summed E-state index contributed by atoms with van der Waals surface area (Å²) >= 11 is 0. The summed E-state index contributed by atoms with van der Waals surface area (Å²) in [5.41, 5.74) is 2.39. The minimum Gasteiger partial charge on any atom is -0.488 e. The molecule has 5 heteroatoms. The molecule has 0 aromatic heterocycles. The number of nitrogens with zero attached hydrogens (tertiary/aromatic N) is 1. The van der Waals surface area contributed by atoms with Crippen LogP contribution in [0.1, 0.15) is 17.5 Å². The lowest BCUT2D eigenvalue weighted by Gasteiger charge is -2.17. The molecule has 1 fully saturated rings. The van der Waals surface area contributed by atoms with Crippen molar-refractivity contribution in [2.45, 2.75) is 25.4 Å². The Kier molecular flexibility index (Phi) is 5.10. The summed E-state index contributed by atoms with van der Waals surface area (Å²) in [6, 6.07) is 18.1. The molecule has 0 unspecified atom stereocenters. The highest BCUT2D eigenvalue weighted by molar-refractivity contribution is 5.89. The fourth-order valence-corrected chi connectivity index (χ4v) is 3.80. The highest BCUT2D eigenvalue weighted by Gasteiger charge is 2.34. The van der Waals surface area contributed by atoms with Crippen LogP contribution in [0.15, 0.2) is 54.6 Å². The van der Waals surface area contributed by atoms with Gasteiger partial charge >= 0.3 is 0 Å². The van der Waals surface area contributed by atoms with Gasteiger partial charge in [-0.15, -0.1) is 0 Å². The smallest absolute Gasteiger partial charge is 0.225 e. The normalized spacial score (nSPS) is 21.0. The summed E-state index contributed by atoms with van der Waals surface area (Å²) in [5.74, 6) is 0.651. The zero-order valence-electron chi connectivity index (χ0n) is 15.3. The van der Waals surface area contributed by atoms with Crippen molar-refractivity contribution in [2.75, 3.05) is 19.6 Å². The summed E-state index contributed by atoms with van der Waals surface area (Å²) in [4.78, 5) is 26.5. The molecule has 2 aromatic rings. The van der Waals surface area contributed by atoms with E-state index in [-0.39, 0.29) is 23.8 Å². The van der Waals surface area contributed by atoms with Gasteiger partial charge in [-0.3, -0.25) is 9.59 Å². The van der Waals surface area contributed by atoms with Crippen LogP contribution in [0.25, 0.3) is 0 Å². The molecule has 2 heterocycles. The van der Waals surface area contributed by atoms with Crippen LogP contribution in [0.2, 0.25) is 0 Å². The van der Waals surface area contributed by atoms with Gasteiger partial charge in [0.1, 0.15) is 11.9 Å². The van der Waals surface area contributed by atoms with E-state index in [2.05, 4.69) is 23.5 Å². The van der Waals surface area contributed by atoms with Crippen molar-refractivity contribution in [3.8, 4) is 5.75 Å². The van der Waals surface area contributed by atoms with E-state index in [1.54, 1.807) is 4.90 Å². The van der Waals surface area contributed by atoms with Gasteiger partial charge in [-0.2, -0.15) is 0 Å². The van der Waals surface area contributed by atoms with E-state index in [9.17, 15) is 9.59 Å². The molecule has 0 aliphatic carbocycles. The molecule has 2 aliphatic rings. The van der Waals surface area contributed by atoms with Crippen molar-refractivity contribution in [2.24, 2.45) is 5.92 Å². The molecule has 2 amide bonds. The molecule has 0 radical (unpaired) electrons. The lowest BCUT2D eigenvalue weighted by Crippen LogP contribution is -2.39. The van der Waals surface area contributed by atoms with E-state index >= 15 is 0 Å². The number of hydrogen-bond donors (Lipinski definition) is 1. The molecule has 0 bridgehead atoms. The topological polar surface area (TPSA) is 58.6 Å². The van der Waals surface area contributed by atoms with Crippen molar-refractivity contribution in [3.05, 3.63) is 65.7 Å². The highest BCUT2D eigenvalue weighted by atomic mass is 16.5. The van der Waals surface area contributed by atoms with Gasteiger partial charge in [-0.1, -0.05) is 48.5 Å². The van der Waals surface area contributed by atoms with Gasteiger partial charge in [0.25, 0.3) is 0 Å². The Labute approximate surface area is 159 Å². The molecule has 0 spiro atoms. The lowest BCUT2D eigenvalue weighted by molar-refractivity contribution is -0.129. The first-order valence-corrected chi connectivity index (χ1v) is 9.53. The molecular weight excluding hydrogens is 340 g/mol. The minimum atomic E-state index is -0.267. The molecule has 4 rings (SSSR count). The van der Waals surface area contributed by atoms with Gasteiger partial charge < -0.3 is 15.0 Å².